The Bertz CT molecular complexity index is 643. The lowest BCUT2D eigenvalue weighted by Crippen LogP contribution is -2.43. The van der Waals surface area contributed by atoms with Crippen molar-refractivity contribution in [2.75, 3.05) is 24.1 Å². The summed E-state index contributed by atoms with van der Waals surface area (Å²) in [6, 6.07) is 3.13. The van der Waals surface area contributed by atoms with Gasteiger partial charge in [0, 0.05) is 24.7 Å². The quantitative estimate of drug-likeness (QED) is 0.745. The summed E-state index contributed by atoms with van der Waals surface area (Å²) in [5, 5.41) is 3.39. The number of hydrogen-bond donors (Lipinski definition) is 2. The fourth-order valence-corrected chi connectivity index (χ4v) is 3.04. The predicted molar refractivity (Wildman–Crippen MR) is 100 cm³/mol. The van der Waals surface area contributed by atoms with E-state index in [9.17, 15) is 9.59 Å². The summed E-state index contributed by atoms with van der Waals surface area (Å²) in [5.74, 6) is -0.311. The Labute approximate surface area is 157 Å². The van der Waals surface area contributed by atoms with Gasteiger partial charge in [0.2, 0.25) is 5.91 Å². The molecule has 0 atom stereocenters. The maximum Gasteiger partial charge on any atom is 0.410 e. The van der Waals surface area contributed by atoms with Crippen LogP contribution in [0, 0.1) is 5.92 Å². The van der Waals surface area contributed by atoms with Crippen molar-refractivity contribution in [2.45, 2.75) is 39.2 Å². The summed E-state index contributed by atoms with van der Waals surface area (Å²) in [7, 11) is 0. The minimum Gasteiger partial charge on any atom is -0.444 e. The molecule has 0 spiro atoms. The van der Waals surface area contributed by atoms with Gasteiger partial charge in [-0.2, -0.15) is 0 Å². The molecule has 2 rings (SSSR count). The smallest absolute Gasteiger partial charge is 0.410 e. The van der Waals surface area contributed by atoms with Gasteiger partial charge in [0.05, 0.1) is 15.7 Å². The Morgan fingerprint density at radius 3 is 2.20 bits per heavy atom. The van der Waals surface area contributed by atoms with E-state index < -0.39 is 5.60 Å². The standard InChI is InChI=1S/C17H23Cl2N3O3/c1-17(2,3)25-16(24)22-6-4-10(5-7-22)15(23)21-11-8-12(18)14(20)13(19)9-11/h8-10H,4-7,20H2,1-3H3,(H,21,23). The maximum atomic E-state index is 12.4. The number of nitrogens with one attached hydrogen (secondary N) is 1. The maximum absolute atomic E-state index is 12.4. The van der Waals surface area contributed by atoms with Crippen molar-refractivity contribution >= 4 is 46.6 Å². The van der Waals surface area contributed by atoms with Crippen molar-refractivity contribution in [3.63, 3.8) is 0 Å². The van der Waals surface area contributed by atoms with Crippen LogP contribution in [-0.4, -0.2) is 35.6 Å². The van der Waals surface area contributed by atoms with Crippen LogP contribution in [0.2, 0.25) is 10.0 Å². The summed E-state index contributed by atoms with van der Waals surface area (Å²) >= 11 is 12.0. The van der Waals surface area contributed by atoms with Crippen molar-refractivity contribution < 1.29 is 14.3 Å². The number of nitrogen functional groups attached to an aromatic ring is 1. The topological polar surface area (TPSA) is 84.7 Å². The normalized spacial score (nSPS) is 15.8. The molecule has 25 heavy (non-hydrogen) atoms. The summed E-state index contributed by atoms with van der Waals surface area (Å²) in [4.78, 5) is 26.1. The first-order valence-corrected chi connectivity index (χ1v) is 8.85. The monoisotopic (exact) mass is 387 g/mol. The molecule has 0 unspecified atom stereocenters. The lowest BCUT2D eigenvalue weighted by atomic mass is 9.96. The van der Waals surface area contributed by atoms with Gasteiger partial charge in [-0.05, 0) is 45.7 Å². The molecule has 1 heterocycles. The van der Waals surface area contributed by atoms with Gasteiger partial charge in [0.25, 0.3) is 0 Å². The molecule has 1 aliphatic heterocycles. The minimum atomic E-state index is -0.529. The van der Waals surface area contributed by atoms with Crippen molar-refractivity contribution in [2.24, 2.45) is 5.92 Å². The highest BCUT2D eigenvalue weighted by Crippen LogP contribution is 2.31. The van der Waals surface area contributed by atoms with Gasteiger partial charge in [0.15, 0.2) is 0 Å². The first-order chi connectivity index (χ1) is 11.6. The predicted octanol–water partition coefficient (Wildman–Crippen LogP) is 4.16. The number of hydrogen-bond acceptors (Lipinski definition) is 4. The fraction of sp³-hybridized carbons (Fsp3) is 0.529. The van der Waals surface area contributed by atoms with Gasteiger partial charge in [-0.25, -0.2) is 4.79 Å². The molecule has 0 radical (unpaired) electrons. The number of nitrogens with two attached hydrogens (primary N) is 1. The number of halogens is 2. The summed E-state index contributed by atoms with van der Waals surface area (Å²) in [5.41, 5.74) is 5.94. The Kier molecular flexibility index (Phi) is 6.06. The summed E-state index contributed by atoms with van der Waals surface area (Å²) < 4.78 is 5.35. The van der Waals surface area contributed by atoms with E-state index in [-0.39, 0.29) is 23.6 Å². The van der Waals surface area contributed by atoms with E-state index in [1.807, 2.05) is 20.8 Å². The second kappa shape index (κ2) is 7.70. The van der Waals surface area contributed by atoms with Crippen molar-refractivity contribution in [1.82, 2.24) is 4.90 Å². The van der Waals surface area contributed by atoms with Crippen LogP contribution >= 0.6 is 23.2 Å². The molecule has 0 aliphatic carbocycles. The molecule has 1 fully saturated rings. The van der Waals surface area contributed by atoms with Crippen molar-refractivity contribution in [1.29, 1.82) is 0 Å². The van der Waals surface area contributed by atoms with Crippen LogP contribution in [0.1, 0.15) is 33.6 Å². The molecule has 1 saturated heterocycles. The second-order valence-electron chi connectivity index (χ2n) is 7.08. The van der Waals surface area contributed by atoms with Crippen LogP contribution in [0.4, 0.5) is 16.2 Å². The third-order valence-electron chi connectivity index (χ3n) is 3.86. The molecule has 0 aromatic heterocycles. The largest absolute Gasteiger partial charge is 0.444 e. The number of carbonyl (C=O) groups excluding carboxylic acids is 2. The van der Waals surface area contributed by atoms with Crippen LogP contribution in [0.15, 0.2) is 12.1 Å². The molecule has 138 valence electrons. The Balaban J connectivity index is 1.90. The van der Waals surface area contributed by atoms with Crippen LogP contribution in [0.25, 0.3) is 0 Å². The molecule has 6 nitrogen and oxygen atoms in total. The SMILES string of the molecule is CC(C)(C)OC(=O)N1CCC(C(=O)Nc2cc(Cl)c(N)c(Cl)c2)CC1. The summed E-state index contributed by atoms with van der Waals surface area (Å²) in [6.07, 6.45) is 0.798. The number of piperidine rings is 1. The number of nitrogens with zero attached hydrogens (tertiary/aromatic N) is 1. The highest BCUT2D eigenvalue weighted by atomic mass is 35.5. The molecule has 1 aromatic carbocycles. The zero-order chi connectivity index (χ0) is 18.8. The average molecular weight is 388 g/mol. The van der Waals surface area contributed by atoms with E-state index in [2.05, 4.69) is 5.32 Å². The van der Waals surface area contributed by atoms with E-state index in [0.29, 0.717) is 41.7 Å². The number of anilines is 2. The molecule has 8 heteroatoms. The van der Waals surface area contributed by atoms with E-state index >= 15 is 0 Å². The minimum absolute atomic E-state index is 0.124. The number of amides is 2. The van der Waals surface area contributed by atoms with E-state index in [1.54, 1.807) is 17.0 Å². The Hall–Kier alpha value is -1.66. The van der Waals surface area contributed by atoms with Crippen LogP contribution in [-0.2, 0) is 9.53 Å². The highest BCUT2D eigenvalue weighted by molar-refractivity contribution is 6.39. The number of rotatable bonds is 2. The third kappa shape index (κ3) is 5.41. The highest BCUT2D eigenvalue weighted by Gasteiger charge is 2.30. The number of ether oxygens (including phenoxy) is 1. The number of likely N-dealkylation sites (tertiary alicyclic amines) is 1. The Morgan fingerprint density at radius 1 is 1.20 bits per heavy atom. The van der Waals surface area contributed by atoms with Crippen LogP contribution in [0.3, 0.4) is 0 Å². The number of benzene rings is 1. The average Bonchev–Trinajstić information content (AvgIpc) is 2.51. The van der Waals surface area contributed by atoms with Crippen LogP contribution in [0.5, 0.6) is 0 Å². The molecular formula is C17H23Cl2N3O3. The van der Waals surface area contributed by atoms with E-state index in [1.165, 1.54) is 0 Å². The van der Waals surface area contributed by atoms with Crippen molar-refractivity contribution in [3.8, 4) is 0 Å². The van der Waals surface area contributed by atoms with Gasteiger partial charge in [-0.15, -0.1) is 0 Å². The molecule has 2 amide bonds. The first kappa shape index (κ1) is 19.7. The second-order valence-corrected chi connectivity index (χ2v) is 7.90. The van der Waals surface area contributed by atoms with Gasteiger partial charge in [-0.1, -0.05) is 23.2 Å². The van der Waals surface area contributed by atoms with Crippen LogP contribution < -0.4 is 11.1 Å². The molecule has 0 bridgehead atoms. The van der Waals surface area contributed by atoms with Gasteiger partial charge < -0.3 is 20.7 Å². The lowest BCUT2D eigenvalue weighted by Gasteiger charge is -2.32. The molecule has 1 aromatic rings. The molecule has 1 aliphatic rings. The molecule has 3 N–H and O–H groups in total. The summed E-state index contributed by atoms with van der Waals surface area (Å²) in [6.45, 7) is 6.45. The zero-order valence-electron chi connectivity index (χ0n) is 14.6. The molecular weight excluding hydrogens is 365 g/mol. The fourth-order valence-electron chi connectivity index (χ4n) is 2.55. The third-order valence-corrected chi connectivity index (χ3v) is 4.49. The number of carbonyl (C=O) groups is 2. The van der Waals surface area contributed by atoms with Gasteiger partial charge in [0.1, 0.15) is 5.60 Å². The molecule has 0 saturated carbocycles. The van der Waals surface area contributed by atoms with E-state index in [4.69, 9.17) is 33.7 Å². The lowest BCUT2D eigenvalue weighted by molar-refractivity contribution is -0.121. The zero-order valence-corrected chi connectivity index (χ0v) is 16.1. The first-order valence-electron chi connectivity index (χ1n) is 8.10. The van der Waals surface area contributed by atoms with Crippen molar-refractivity contribution in [3.05, 3.63) is 22.2 Å². The van der Waals surface area contributed by atoms with E-state index in [0.717, 1.165) is 0 Å². The van der Waals surface area contributed by atoms with Gasteiger partial charge in [-0.3, -0.25) is 4.79 Å². The van der Waals surface area contributed by atoms with Gasteiger partial charge >= 0.3 is 6.09 Å². The Morgan fingerprint density at radius 2 is 1.72 bits per heavy atom.